The summed E-state index contributed by atoms with van der Waals surface area (Å²) >= 11 is 0. The summed E-state index contributed by atoms with van der Waals surface area (Å²) < 4.78 is 10.9. The predicted molar refractivity (Wildman–Crippen MR) is 111 cm³/mol. The van der Waals surface area contributed by atoms with Gasteiger partial charge in [-0.25, -0.2) is 9.79 Å². The summed E-state index contributed by atoms with van der Waals surface area (Å²) in [5.74, 6) is 0.252. The van der Waals surface area contributed by atoms with Gasteiger partial charge in [0.2, 0.25) is 5.90 Å². The molecule has 0 saturated carbocycles. The van der Waals surface area contributed by atoms with Crippen molar-refractivity contribution in [1.82, 2.24) is 0 Å². The van der Waals surface area contributed by atoms with Crippen LogP contribution in [-0.2, 0) is 16.1 Å². The Bertz CT molecular complexity index is 1130. The maximum absolute atomic E-state index is 12.1. The number of rotatable bonds is 6. The summed E-state index contributed by atoms with van der Waals surface area (Å²) in [6.45, 7) is 0.469. The Morgan fingerprint density at radius 3 is 2.33 bits per heavy atom. The third-order valence-corrected chi connectivity index (χ3v) is 4.38. The summed E-state index contributed by atoms with van der Waals surface area (Å²) in [4.78, 5) is 26.6. The monoisotopic (exact) mass is 400 g/mol. The molecular formula is C23H16N2O5. The lowest BCUT2D eigenvalue weighted by Crippen LogP contribution is -2.05. The Labute approximate surface area is 172 Å². The van der Waals surface area contributed by atoms with Gasteiger partial charge in [-0.2, -0.15) is 0 Å². The lowest BCUT2D eigenvalue weighted by Gasteiger charge is -2.06. The van der Waals surface area contributed by atoms with Crippen LogP contribution in [0.15, 0.2) is 89.6 Å². The number of nitro benzene ring substituents is 1. The molecule has 0 bridgehead atoms. The van der Waals surface area contributed by atoms with Crippen molar-refractivity contribution in [2.45, 2.75) is 6.61 Å². The maximum Gasteiger partial charge on any atom is 0.363 e. The second-order valence-corrected chi connectivity index (χ2v) is 6.48. The standard InChI is InChI=1S/C23H16N2O5/c26-23-21(24-22(30-23)18-8-10-19(11-9-18)25(27)28)14-16-6-12-20(13-7-16)29-15-17-4-2-1-3-5-17/h1-14H,15H2. The number of benzene rings is 3. The number of nitrogens with zero attached hydrogens (tertiary/aromatic N) is 2. The van der Waals surface area contributed by atoms with E-state index in [2.05, 4.69) is 4.99 Å². The fourth-order valence-corrected chi connectivity index (χ4v) is 2.82. The van der Waals surface area contributed by atoms with Gasteiger partial charge >= 0.3 is 5.97 Å². The van der Waals surface area contributed by atoms with Gasteiger partial charge in [-0.05, 0) is 41.5 Å². The smallest absolute Gasteiger partial charge is 0.363 e. The van der Waals surface area contributed by atoms with Gasteiger partial charge in [0.25, 0.3) is 5.69 Å². The first-order valence-corrected chi connectivity index (χ1v) is 9.13. The highest BCUT2D eigenvalue weighted by Gasteiger charge is 2.24. The van der Waals surface area contributed by atoms with E-state index in [4.69, 9.17) is 9.47 Å². The van der Waals surface area contributed by atoms with Crippen molar-refractivity contribution < 1.29 is 19.2 Å². The van der Waals surface area contributed by atoms with Gasteiger partial charge in [-0.15, -0.1) is 0 Å². The number of hydrogen-bond acceptors (Lipinski definition) is 6. The van der Waals surface area contributed by atoms with Crippen molar-refractivity contribution in [2.75, 3.05) is 0 Å². The zero-order valence-electron chi connectivity index (χ0n) is 15.7. The van der Waals surface area contributed by atoms with Crippen LogP contribution in [0.5, 0.6) is 5.75 Å². The number of non-ortho nitro benzene ring substituents is 1. The van der Waals surface area contributed by atoms with Crippen LogP contribution >= 0.6 is 0 Å². The van der Waals surface area contributed by atoms with Crippen molar-refractivity contribution in [3.8, 4) is 5.75 Å². The molecule has 0 spiro atoms. The van der Waals surface area contributed by atoms with Crippen molar-refractivity contribution >= 4 is 23.6 Å². The lowest BCUT2D eigenvalue weighted by atomic mass is 10.2. The molecule has 7 nitrogen and oxygen atoms in total. The van der Waals surface area contributed by atoms with Crippen LogP contribution in [0.25, 0.3) is 6.08 Å². The zero-order valence-corrected chi connectivity index (χ0v) is 15.7. The van der Waals surface area contributed by atoms with Gasteiger partial charge in [0, 0.05) is 17.7 Å². The summed E-state index contributed by atoms with van der Waals surface area (Å²) in [7, 11) is 0. The molecule has 1 heterocycles. The minimum Gasteiger partial charge on any atom is -0.489 e. The summed E-state index contributed by atoms with van der Waals surface area (Å²) in [6.07, 6.45) is 1.61. The van der Waals surface area contributed by atoms with Crippen LogP contribution in [0.4, 0.5) is 5.69 Å². The molecule has 0 unspecified atom stereocenters. The number of carbonyl (C=O) groups is 1. The van der Waals surface area contributed by atoms with E-state index in [1.54, 1.807) is 6.08 Å². The topological polar surface area (TPSA) is 91.0 Å². The molecule has 1 aliphatic rings. The SMILES string of the molecule is O=C1OC(c2ccc([N+](=O)[O-])cc2)=NC1=Cc1ccc(OCc2ccccc2)cc1. The molecule has 0 atom stereocenters. The lowest BCUT2D eigenvalue weighted by molar-refractivity contribution is -0.384. The average molecular weight is 400 g/mol. The molecule has 1 aliphatic heterocycles. The molecule has 4 rings (SSSR count). The van der Waals surface area contributed by atoms with Gasteiger partial charge in [0.1, 0.15) is 12.4 Å². The third-order valence-electron chi connectivity index (χ3n) is 4.38. The minimum absolute atomic E-state index is 0.0472. The Morgan fingerprint density at radius 2 is 1.67 bits per heavy atom. The Kier molecular flexibility index (Phi) is 5.34. The molecule has 0 fully saturated rings. The van der Waals surface area contributed by atoms with Crippen LogP contribution < -0.4 is 4.74 Å². The summed E-state index contributed by atoms with van der Waals surface area (Å²) in [5, 5.41) is 10.7. The maximum atomic E-state index is 12.1. The molecule has 0 amide bonds. The van der Waals surface area contributed by atoms with Crippen LogP contribution in [0.1, 0.15) is 16.7 Å². The summed E-state index contributed by atoms with van der Waals surface area (Å²) in [5.41, 5.74) is 2.44. The zero-order chi connectivity index (χ0) is 20.9. The third kappa shape index (κ3) is 4.41. The number of ether oxygens (including phenoxy) is 2. The first-order valence-electron chi connectivity index (χ1n) is 9.13. The van der Waals surface area contributed by atoms with E-state index in [-0.39, 0.29) is 17.3 Å². The minimum atomic E-state index is -0.576. The van der Waals surface area contributed by atoms with Crippen LogP contribution in [0, 0.1) is 10.1 Å². The first-order chi connectivity index (χ1) is 14.6. The fraction of sp³-hybridized carbons (Fsp3) is 0.0435. The van der Waals surface area contributed by atoms with Gasteiger partial charge in [0.15, 0.2) is 5.70 Å². The van der Waals surface area contributed by atoms with Crippen LogP contribution in [-0.4, -0.2) is 16.8 Å². The fourth-order valence-electron chi connectivity index (χ4n) is 2.82. The second kappa shape index (κ2) is 8.40. The van der Waals surface area contributed by atoms with Crippen molar-refractivity contribution in [1.29, 1.82) is 0 Å². The Morgan fingerprint density at radius 1 is 0.967 bits per heavy atom. The molecule has 0 aromatic heterocycles. The Balaban J connectivity index is 1.45. The first kappa shape index (κ1) is 19.1. The highest BCUT2D eigenvalue weighted by molar-refractivity contribution is 6.12. The van der Waals surface area contributed by atoms with E-state index >= 15 is 0 Å². The van der Waals surface area contributed by atoms with E-state index in [1.165, 1.54) is 24.3 Å². The van der Waals surface area contributed by atoms with E-state index in [9.17, 15) is 14.9 Å². The van der Waals surface area contributed by atoms with Gasteiger partial charge in [0.05, 0.1) is 4.92 Å². The Hall–Kier alpha value is -4.26. The normalized spacial score (nSPS) is 14.3. The van der Waals surface area contributed by atoms with Crippen molar-refractivity contribution in [2.24, 2.45) is 4.99 Å². The van der Waals surface area contributed by atoms with Crippen LogP contribution in [0.2, 0.25) is 0 Å². The number of aliphatic imine (C=N–C) groups is 1. The predicted octanol–water partition coefficient (Wildman–Crippen LogP) is 4.52. The van der Waals surface area contributed by atoms with E-state index < -0.39 is 10.9 Å². The molecule has 0 radical (unpaired) electrons. The van der Waals surface area contributed by atoms with Crippen molar-refractivity contribution in [3.05, 3.63) is 111 Å². The second-order valence-electron chi connectivity index (χ2n) is 6.48. The summed E-state index contributed by atoms with van der Waals surface area (Å²) in [6, 6.07) is 22.8. The largest absolute Gasteiger partial charge is 0.489 e. The molecular weight excluding hydrogens is 384 g/mol. The van der Waals surface area contributed by atoms with Crippen LogP contribution in [0.3, 0.4) is 0 Å². The van der Waals surface area contributed by atoms with Gasteiger partial charge in [-0.3, -0.25) is 10.1 Å². The molecule has 30 heavy (non-hydrogen) atoms. The highest BCUT2D eigenvalue weighted by atomic mass is 16.6. The van der Waals surface area contributed by atoms with E-state index in [0.29, 0.717) is 17.9 Å². The molecule has 3 aromatic rings. The number of nitro groups is 1. The van der Waals surface area contributed by atoms with Gasteiger partial charge in [-0.1, -0.05) is 42.5 Å². The average Bonchev–Trinajstić information content (AvgIpc) is 3.14. The van der Waals surface area contributed by atoms with E-state index in [1.807, 2.05) is 54.6 Å². The van der Waals surface area contributed by atoms with Gasteiger partial charge < -0.3 is 9.47 Å². The molecule has 7 heteroatoms. The number of carbonyl (C=O) groups excluding carboxylic acids is 1. The number of cyclic esters (lactones) is 1. The number of esters is 1. The number of hydrogen-bond donors (Lipinski definition) is 0. The van der Waals surface area contributed by atoms with E-state index in [0.717, 1.165) is 11.1 Å². The highest BCUT2D eigenvalue weighted by Crippen LogP contribution is 2.22. The van der Waals surface area contributed by atoms with Crippen molar-refractivity contribution in [3.63, 3.8) is 0 Å². The molecule has 0 N–H and O–H groups in total. The molecule has 3 aromatic carbocycles. The molecule has 0 aliphatic carbocycles. The quantitative estimate of drug-likeness (QED) is 0.263. The molecule has 148 valence electrons. The molecule has 0 saturated heterocycles.